The second-order valence-corrected chi connectivity index (χ2v) is 6.32. The number of pyridine rings is 1. The van der Waals surface area contributed by atoms with Crippen molar-refractivity contribution in [1.29, 1.82) is 5.26 Å². The van der Waals surface area contributed by atoms with E-state index < -0.39 is 10.0 Å². The van der Waals surface area contributed by atoms with E-state index in [1.54, 1.807) is 0 Å². The molecule has 1 aromatic heterocycles. The first-order valence-electron chi connectivity index (χ1n) is 5.88. The number of aromatic nitrogens is 1. The van der Waals surface area contributed by atoms with Crippen LogP contribution in [0.4, 0.5) is 0 Å². The molecule has 1 aromatic rings. The fourth-order valence-electron chi connectivity index (χ4n) is 1.45. The molecule has 0 aliphatic rings. The van der Waals surface area contributed by atoms with Gasteiger partial charge in [-0.2, -0.15) is 5.26 Å². The highest BCUT2D eigenvalue weighted by atomic mass is 32.2. The standard InChI is InChI=1S/C12H18N4O2S/c1-10(6-7-16(2)3)15-19(17,18)12-5-4-11(8-13)14-9-12/h4-5,9-10,15H,6-7H2,1-3H3. The quantitative estimate of drug-likeness (QED) is 0.824. The van der Waals surface area contributed by atoms with Crippen molar-refractivity contribution in [2.45, 2.75) is 24.3 Å². The predicted octanol–water partition coefficient (Wildman–Crippen LogP) is 0.572. The van der Waals surface area contributed by atoms with Gasteiger partial charge in [0.05, 0.1) is 0 Å². The first kappa shape index (κ1) is 15.6. The average Bonchev–Trinajstić information content (AvgIpc) is 2.36. The Morgan fingerprint density at radius 3 is 2.63 bits per heavy atom. The van der Waals surface area contributed by atoms with Crippen LogP contribution in [0.15, 0.2) is 23.2 Å². The summed E-state index contributed by atoms with van der Waals surface area (Å²) >= 11 is 0. The van der Waals surface area contributed by atoms with Crippen molar-refractivity contribution in [2.75, 3.05) is 20.6 Å². The highest BCUT2D eigenvalue weighted by Gasteiger charge is 2.17. The summed E-state index contributed by atoms with van der Waals surface area (Å²) in [5, 5.41) is 8.62. The van der Waals surface area contributed by atoms with E-state index >= 15 is 0 Å². The first-order chi connectivity index (χ1) is 8.85. The van der Waals surface area contributed by atoms with Crippen LogP contribution in [-0.4, -0.2) is 45.0 Å². The van der Waals surface area contributed by atoms with Crippen LogP contribution >= 0.6 is 0 Å². The van der Waals surface area contributed by atoms with Gasteiger partial charge >= 0.3 is 0 Å². The Morgan fingerprint density at radius 2 is 2.16 bits per heavy atom. The van der Waals surface area contributed by atoms with Crippen LogP contribution < -0.4 is 4.72 Å². The molecule has 0 saturated heterocycles. The van der Waals surface area contributed by atoms with Gasteiger partial charge in [0.25, 0.3) is 0 Å². The van der Waals surface area contributed by atoms with Gasteiger partial charge in [0, 0.05) is 12.2 Å². The molecule has 0 fully saturated rings. The second kappa shape index (κ2) is 6.61. The van der Waals surface area contributed by atoms with Crippen molar-refractivity contribution < 1.29 is 8.42 Å². The number of sulfonamides is 1. The summed E-state index contributed by atoms with van der Waals surface area (Å²) in [7, 11) is 0.300. The molecule has 7 heteroatoms. The van der Waals surface area contributed by atoms with Crippen LogP contribution in [0.1, 0.15) is 19.0 Å². The van der Waals surface area contributed by atoms with E-state index in [1.165, 1.54) is 18.3 Å². The summed E-state index contributed by atoms with van der Waals surface area (Å²) in [4.78, 5) is 5.82. The largest absolute Gasteiger partial charge is 0.309 e. The molecule has 0 aromatic carbocycles. The fourth-order valence-corrected chi connectivity index (χ4v) is 2.67. The van der Waals surface area contributed by atoms with Crippen LogP contribution in [0.3, 0.4) is 0 Å². The fraction of sp³-hybridized carbons (Fsp3) is 0.500. The maximum absolute atomic E-state index is 12.0. The minimum Gasteiger partial charge on any atom is -0.309 e. The van der Waals surface area contributed by atoms with Gasteiger partial charge in [-0.1, -0.05) is 0 Å². The molecule has 0 aliphatic carbocycles. The molecule has 1 unspecified atom stereocenters. The van der Waals surface area contributed by atoms with Gasteiger partial charge < -0.3 is 4.90 Å². The number of rotatable bonds is 6. The third kappa shape index (κ3) is 4.95. The SMILES string of the molecule is CC(CCN(C)C)NS(=O)(=O)c1ccc(C#N)nc1. The van der Waals surface area contributed by atoms with E-state index in [-0.39, 0.29) is 16.6 Å². The molecule has 6 nitrogen and oxygen atoms in total. The third-order valence-corrected chi connectivity index (χ3v) is 4.10. The Morgan fingerprint density at radius 1 is 1.47 bits per heavy atom. The van der Waals surface area contributed by atoms with Crippen molar-refractivity contribution in [3.05, 3.63) is 24.0 Å². The molecule has 1 heterocycles. The van der Waals surface area contributed by atoms with E-state index in [9.17, 15) is 8.42 Å². The lowest BCUT2D eigenvalue weighted by molar-refractivity contribution is 0.379. The third-order valence-electron chi connectivity index (χ3n) is 2.53. The zero-order valence-corrected chi connectivity index (χ0v) is 12.1. The Labute approximate surface area is 114 Å². The van der Waals surface area contributed by atoms with Crippen LogP contribution in [0.5, 0.6) is 0 Å². The molecule has 1 atom stereocenters. The molecular formula is C12H18N4O2S. The molecule has 0 bridgehead atoms. The number of nitriles is 1. The van der Waals surface area contributed by atoms with E-state index in [1.807, 2.05) is 32.0 Å². The van der Waals surface area contributed by atoms with Crippen LogP contribution in [0, 0.1) is 11.3 Å². The maximum atomic E-state index is 12.0. The van der Waals surface area contributed by atoms with Crippen LogP contribution in [0.2, 0.25) is 0 Å². The molecular weight excluding hydrogens is 264 g/mol. The monoisotopic (exact) mass is 282 g/mol. The molecule has 1 N–H and O–H groups in total. The van der Waals surface area contributed by atoms with Crippen molar-refractivity contribution in [1.82, 2.24) is 14.6 Å². The van der Waals surface area contributed by atoms with Gasteiger partial charge in [-0.25, -0.2) is 18.1 Å². The van der Waals surface area contributed by atoms with E-state index in [0.717, 1.165) is 13.0 Å². The summed E-state index contributed by atoms with van der Waals surface area (Å²) in [5.74, 6) is 0. The lowest BCUT2D eigenvalue weighted by atomic mass is 10.2. The molecule has 104 valence electrons. The topological polar surface area (TPSA) is 86.1 Å². The smallest absolute Gasteiger partial charge is 0.242 e. The minimum absolute atomic E-state index is 0.0724. The lowest BCUT2D eigenvalue weighted by Gasteiger charge is -2.16. The Bertz CT molecular complexity index is 546. The van der Waals surface area contributed by atoms with Crippen LogP contribution in [-0.2, 0) is 10.0 Å². The molecule has 0 spiro atoms. The number of hydrogen-bond donors (Lipinski definition) is 1. The number of nitrogens with one attached hydrogen (secondary N) is 1. The molecule has 0 amide bonds. The Hall–Kier alpha value is -1.49. The summed E-state index contributed by atoms with van der Waals surface area (Å²) in [6, 6.07) is 4.45. The Balaban J connectivity index is 2.72. The molecule has 0 radical (unpaired) electrons. The number of nitrogens with zero attached hydrogens (tertiary/aromatic N) is 3. The highest BCUT2D eigenvalue weighted by molar-refractivity contribution is 7.89. The second-order valence-electron chi connectivity index (χ2n) is 4.61. The number of hydrogen-bond acceptors (Lipinski definition) is 5. The molecule has 1 rings (SSSR count). The summed E-state index contributed by atoms with van der Waals surface area (Å²) in [6.45, 7) is 2.62. The van der Waals surface area contributed by atoms with E-state index in [4.69, 9.17) is 5.26 Å². The molecule has 0 aliphatic heterocycles. The van der Waals surface area contributed by atoms with Crippen molar-refractivity contribution in [2.24, 2.45) is 0 Å². The summed E-state index contributed by atoms with van der Waals surface area (Å²) in [6.07, 6.45) is 1.91. The summed E-state index contributed by atoms with van der Waals surface area (Å²) in [5.41, 5.74) is 0.194. The van der Waals surface area contributed by atoms with E-state index in [0.29, 0.717) is 0 Å². The normalized spacial score (nSPS) is 13.2. The zero-order chi connectivity index (χ0) is 14.5. The predicted molar refractivity (Wildman–Crippen MR) is 71.9 cm³/mol. The lowest BCUT2D eigenvalue weighted by Crippen LogP contribution is -2.34. The van der Waals surface area contributed by atoms with Gasteiger partial charge in [0.2, 0.25) is 10.0 Å². The highest BCUT2D eigenvalue weighted by Crippen LogP contribution is 2.09. The zero-order valence-electron chi connectivity index (χ0n) is 11.3. The average molecular weight is 282 g/mol. The van der Waals surface area contributed by atoms with Gasteiger partial charge in [0.15, 0.2) is 0 Å². The van der Waals surface area contributed by atoms with Gasteiger partial charge in [-0.05, 0) is 46.1 Å². The van der Waals surface area contributed by atoms with Crippen molar-refractivity contribution in [3.8, 4) is 6.07 Å². The molecule has 0 saturated carbocycles. The first-order valence-corrected chi connectivity index (χ1v) is 7.36. The van der Waals surface area contributed by atoms with E-state index in [2.05, 4.69) is 9.71 Å². The van der Waals surface area contributed by atoms with Crippen molar-refractivity contribution >= 4 is 10.0 Å². The van der Waals surface area contributed by atoms with Gasteiger partial charge in [0.1, 0.15) is 16.7 Å². The van der Waals surface area contributed by atoms with Crippen molar-refractivity contribution in [3.63, 3.8) is 0 Å². The minimum atomic E-state index is -3.57. The summed E-state index contributed by atoms with van der Waals surface area (Å²) < 4.78 is 26.7. The van der Waals surface area contributed by atoms with Crippen LogP contribution in [0.25, 0.3) is 0 Å². The van der Waals surface area contributed by atoms with Gasteiger partial charge in [-0.3, -0.25) is 0 Å². The Kier molecular flexibility index (Phi) is 5.42. The van der Waals surface area contributed by atoms with Gasteiger partial charge in [-0.15, -0.1) is 0 Å². The molecule has 19 heavy (non-hydrogen) atoms. The maximum Gasteiger partial charge on any atom is 0.242 e.